The number of Topliss-reactive ketones (excluding diaryl/α,β-unsaturated/α-hetero) is 1. The van der Waals surface area contributed by atoms with Gasteiger partial charge in [-0.3, -0.25) is 4.79 Å². The lowest BCUT2D eigenvalue weighted by atomic mass is 10.2. The number of ether oxygens (including phenoxy) is 2. The molecule has 0 saturated carbocycles. The Balaban J connectivity index is 1.67. The van der Waals surface area contributed by atoms with Crippen molar-refractivity contribution in [2.45, 2.75) is 13.3 Å². The largest absolute Gasteiger partial charge is 0.492 e. The van der Waals surface area contributed by atoms with E-state index in [1.165, 1.54) is 16.9 Å². The van der Waals surface area contributed by atoms with Gasteiger partial charge in [-0.05, 0) is 5.56 Å². The average Bonchev–Trinajstić information content (AvgIpc) is 3.01. The molecule has 1 aliphatic heterocycles. The monoisotopic (exact) mass is 331 g/mol. The van der Waals surface area contributed by atoms with E-state index >= 15 is 0 Å². The van der Waals surface area contributed by atoms with Crippen LogP contribution < -0.4 is 9.64 Å². The number of thiophene rings is 1. The van der Waals surface area contributed by atoms with Gasteiger partial charge >= 0.3 is 0 Å². The van der Waals surface area contributed by atoms with Crippen LogP contribution in [0.2, 0.25) is 0 Å². The molecule has 2 aromatic rings. The van der Waals surface area contributed by atoms with Crippen molar-refractivity contribution >= 4 is 22.1 Å². The van der Waals surface area contributed by atoms with Gasteiger partial charge in [0.05, 0.1) is 24.8 Å². The molecule has 0 bridgehead atoms. The molecule has 23 heavy (non-hydrogen) atoms. The van der Waals surface area contributed by atoms with Crippen LogP contribution in [0, 0.1) is 0 Å². The van der Waals surface area contributed by atoms with Crippen molar-refractivity contribution in [2.24, 2.45) is 0 Å². The summed E-state index contributed by atoms with van der Waals surface area (Å²) in [5.74, 6) is 0.768. The molecule has 3 rings (SSSR count). The molecule has 1 saturated heterocycles. The van der Waals surface area contributed by atoms with E-state index in [1.54, 1.807) is 6.92 Å². The molecule has 0 N–H and O–H groups in total. The van der Waals surface area contributed by atoms with Gasteiger partial charge in [-0.2, -0.15) is 0 Å². The van der Waals surface area contributed by atoms with Crippen LogP contribution in [0.4, 0.5) is 5.00 Å². The third kappa shape index (κ3) is 4.12. The second kappa shape index (κ2) is 7.62. The quantitative estimate of drug-likeness (QED) is 0.761. The molecule has 5 heteroatoms. The Morgan fingerprint density at radius 1 is 1.26 bits per heavy atom. The SMILES string of the molecule is CC(=O)c1sc(N2CCOCC2)cc1OCCc1ccccc1. The summed E-state index contributed by atoms with van der Waals surface area (Å²) < 4.78 is 11.3. The van der Waals surface area contributed by atoms with Crippen LogP contribution in [0.3, 0.4) is 0 Å². The number of carbonyl (C=O) groups is 1. The average molecular weight is 331 g/mol. The van der Waals surface area contributed by atoms with E-state index in [1.807, 2.05) is 24.3 Å². The van der Waals surface area contributed by atoms with Crippen molar-refractivity contribution in [3.8, 4) is 5.75 Å². The Bertz CT molecular complexity index is 648. The standard InChI is InChI=1S/C18H21NO3S/c1-14(20)18-16(22-10-7-15-5-3-2-4-6-15)13-17(23-18)19-8-11-21-12-9-19/h2-6,13H,7-12H2,1H3. The van der Waals surface area contributed by atoms with Gasteiger partial charge in [0.2, 0.25) is 0 Å². The van der Waals surface area contributed by atoms with E-state index in [0.717, 1.165) is 37.7 Å². The summed E-state index contributed by atoms with van der Waals surface area (Å²) in [6, 6.07) is 12.2. The van der Waals surface area contributed by atoms with Gasteiger partial charge in [0.25, 0.3) is 0 Å². The smallest absolute Gasteiger partial charge is 0.173 e. The number of morpholine rings is 1. The van der Waals surface area contributed by atoms with Crippen molar-refractivity contribution in [2.75, 3.05) is 37.8 Å². The summed E-state index contributed by atoms with van der Waals surface area (Å²) in [7, 11) is 0. The minimum atomic E-state index is 0.0595. The summed E-state index contributed by atoms with van der Waals surface area (Å²) >= 11 is 1.52. The Labute approximate surface area is 140 Å². The highest BCUT2D eigenvalue weighted by Crippen LogP contribution is 2.36. The van der Waals surface area contributed by atoms with E-state index in [0.29, 0.717) is 17.2 Å². The van der Waals surface area contributed by atoms with Crippen molar-refractivity contribution < 1.29 is 14.3 Å². The molecule has 1 aliphatic rings. The second-order valence-corrected chi connectivity index (χ2v) is 6.55. The molecule has 1 aromatic carbocycles. The highest BCUT2D eigenvalue weighted by molar-refractivity contribution is 7.18. The minimum Gasteiger partial charge on any atom is -0.492 e. The number of hydrogen-bond donors (Lipinski definition) is 0. The van der Waals surface area contributed by atoms with Gasteiger partial charge in [0, 0.05) is 32.5 Å². The van der Waals surface area contributed by atoms with Crippen molar-refractivity contribution in [3.63, 3.8) is 0 Å². The maximum atomic E-state index is 11.9. The van der Waals surface area contributed by atoms with Gasteiger partial charge < -0.3 is 14.4 Å². The topological polar surface area (TPSA) is 38.8 Å². The number of carbonyl (C=O) groups excluding carboxylic acids is 1. The lowest BCUT2D eigenvalue weighted by Crippen LogP contribution is -2.35. The molecule has 0 atom stereocenters. The Morgan fingerprint density at radius 2 is 2.00 bits per heavy atom. The fourth-order valence-corrected chi connectivity index (χ4v) is 3.63. The molecule has 0 spiro atoms. The summed E-state index contributed by atoms with van der Waals surface area (Å²) in [6.45, 7) is 5.36. The lowest BCUT2D eigenvalue weighted by molar-refractivity contribution is 0.101. The van der Waals surface area contributed by atoms with Crippen LogP contribution in [0.15, 0.2) is 36.4 Å². The van der Waals surface area contributed by atoms with Crippen LogP contribution in [-0.2, 0) is 11.2 Å². The first-order valence-corrected chi connectivity index (χ1v) is 8.70. The predicted octanol–water partition coefficient (Wildman–Crippen LogP) is 3.41. The molecule has 2 heterocycles. The Kier molecular flexibility index (Phi) is 5.31. The number of anilines is 1. The van der Waals surface area contributed by atoms with Gasteiger partial charge in [-0.15, -0.1) is 11.3 Å². The van der Waals surface area contributed by atoms with E-state index in [2.05, 4.69) is 17.0 Å². The number of benzene rings is 1. The first kappa shape index (κ1) is 16.0. The lowest BCUT2D eigenvalue weighted by Gasteiger charge is -2.27. The van der Waals surface area contributed by atoms with Gasteiger partial charge in [0.15, 0.2) is 5.78 Å². The summed E-state index contributed by atoms with van der Waals surface area (Å²) in [5.41, 5.74) is 1.24. The predicted molar refractivity (Wildman–Crippen MR) is 93.0 cm³/mol. The Morgan fingerprint density at radius 3 is 2.70 bits per heavy atom. The van der Waals surface area contributed by atoms with E-state index < -0.39 is 0 Å². The zero-order valence-electron chi connectivity index (χ0n) is 13.3. The second-order valence-electron chi connectivity index (χ2n) is 5.52. The van der Waals surface area contributed by atoms with Gasteiger partial charge in [-0.1, -0.05) is 30.3 Å². The van der Waals surface area contributed by atoms with Crippen LogP contribution in [0.1, 0.15) is 22.2 Å². The summed E-state index contributed by atoms with van der Waals surface area (Å²) in [4.78, 5) is 14.8. The number of hydrogen-bond acceptors (Lipinski definition) is 5. The molecule has 1 aromatic heterocycles. The van der Waals surface area contributed by atoms with E-state index in [9.17, 15) is 4.79 Å². The molecule has 0 unspecified atom stereocenters. The summed E-state index contributed by atoms with van der Waals surface area (Å²) in [6.07, 6.45) is 0.834. The molecule has 122 valence electrons. The molecule has 0 radical (unpaired) electrons. The highest BCUT2D eigenvalue weighted by Gasteiger charge is 2.19. The van der Waals surface area contributed by atoms with Crippen LogP contribution >= 0.6 is 11.3 Å². The third-order valence-electron chi connectivity index (χ3n) is 3.82. The first-order chi connectivity index (χ1) is 11.2. The van der Waals surface area contributed by atoms with Crippen LogP contribution in [0.5, 0.6) is 5.75 Å². The molecule has 0 aliphatic carbocycles. The van der Waals surface area contributed by atoms with Gasteiger partial charge in [-0.25, -0.2) is 0 Å². The maximum absolute atomic E-state index is 11.9. The highest BCUT2D eigenvalue weighted by atomic mass is 32.1. The number of ketones is 1. The first-order valence-electron chi connectivity index (χ1n) is 7.88. The van der Waals surface area contributed by atoms with Crippen molar-refractivity contribution in [1.82, 2.24) is 0 Å². The molecule has 4 nitrogen and oxygen atoms in total. The number of nitrogens with zero attached hydrogens (tertiary/aromatic N) is 1. The van der Waals surface area contributed by atoms with E-state index in [4.69, 9.17) is 9.47 Å². The fourth-order valence-electron chi connectivity index (χ4n) is 2.58. The molecular weight excluding hydrogens is 310 g/mol. The zero-order valence-corrected chi connectivity index (χ0v) is 14.1. The molecule has 0 amide bonds. The molecular formula is C18H21NO3S. The zero-order chi connectivity index (χ0) is 16.1. The fraction of sp³-hybridized carbons (Fsp3) is 0.389. The normalized spacial score (nSPS) is 14.7. The van der Waals surface area contributed by atoms with Crippen molar-refractivity contribution in [3.05, 3.63) is 46.8 Å². The molecule has 1 fully saturated rings. The van der Waals surface area contributed by atoms with E-state index in [-0.39, 0.29) is 5.78 Å². The number of rotatable bonds is 6. The minimum absolute atomic E-state index is 0.0595. The van der Waals surface area contributed by atoms with Gasteiger partial charge in [0.1, 0.15) is 10.6 Å². The maximum Gasteiger partial charge on any atom is 0.173 e. The third-order valence-corrected chi connectivity index (χ3v) is 5.10. The van der Waals surface area contributed by atoms with Crippen molar-refractivity contribution in [1.29, 1.82) is 0 Å². The van der Waals surface area contributed by atoms with Crippen LogP contribution in [0.25, 0.3) is 0 Å². The van der Waals surface area contributed by atoms with Crippen LogP contribution in [-0.4, -0.2) is 38.7 Å². The Hall–Kier alpha value is -1.85. The summed E-state index contributed by atoms with van der Waals surface area (Å²) in [5, 5.41) is 1.09.